The number of aliphatic hydroxyl groups is 1. The molecule has 0 aromatic heterocycles. The van der Waals surface area contributed by atoms with Crippen molar-refractivity contribution >= 4 is 33.7 Å². The molecule has 1 spiro atoms. The SMILES string of the molecule is C=CCN(CCCCC)C(=O)C1N([C@@H](CO)Cc2ccccc2)C(=O)[C@@H]2[C@H](C(=O)OCC)[C@H]3OC12CC3Br. The highest BCUT2D eigenvalue weighted by Crippen LogP contribution is 2.60. The first-order valence-corrected chi connectivity index (χ1v) is 14.6. The average molecular weight is 592 g/mol. The molecular formula is C29H39BrN2O6. The number of likely N-dealkylation sites (tertiary alicyclic amines) is 1. The van der Waals surface area contributed by atoms with Gasteiger partial charge in [-0.1, -0.05) is 72.1 Å². The molecule has 2 bridgehead atoms. The zero-order valence-corrected chi connectivity index (χ0v) is 23.8. The van der Waals surface area contributed by atoms with Crippen molar-refractivity contribution in [2.24, 2.45) is 11.8 Å². The monoisotopic (exact) mass is 590 g/mol. The van der Waals surface area contributed by atoms with Crippen LogP contribution in [0, 0.1) is 11.8 Å². The number of hydrogen-bond acceptors (Lipinski definition) is 6. The molecular weight excluding hydrogens is 552 g/mol. The predicted octanol–water partition coefficient (Wildman–Crippen LogP) is 3.11. The number of esters is 1. The standard InChI is InChI=1S/C29H39BrN2O6/c1-4-7-11-15-31(14-5-2)27(35)25-29-17-21(30)24(38-29)22(28(36)37-6-3)23(29)26(34)32(25)20(18-33)16-19-12-9-8-10-13-19/h5,8-10,12-13,20-25,33H,2,4,6-7,11,14-18H2,1,3H3/t20-,21?,22+,23+,24+,25?,29?/m1/s1. The molecule has 2 amide bonds. The third kappa shape index (κ3) is 5.05. The van der Waals surface area contributed by atoms with Gasteiger partial charge in [0.15, 0.2) is 0 Å². The molecule has 3 fully saturated rings. The number of halogens is 1. The molecule has 1 aromatic carbocycles. The van der Waals surface area contributed by atoms with Crippen LogP contribution in [0.4, 0.5) is 0 Å². The Bertz CT molecular complexity index is 1020. The number of ether oxygens (including phenoxy) is 2. The third-order valence-corrected chi connectivity index (χ3v) is 8.98. The van der Waals surface area contributed by atoms with Crippen LogP contribution in [0.5, 0.6) is 0 Å². The Balaban J connectivity index is 1.77. The summed E-state index contributed by atoms with van der Waals surface area (Å²) in [6.07, 6.45) is 4.73. The van der Waals surface area contributed by atoms with E-state index in [4.69, 9.17) is 9.47 Å². The first-order valence-electron chi connectivity index (χ1n) is 13.7. The summed E-state index contributed by atoms with van der Waals surface area (Å²) in [5.74, 6) is -2.70. The van der Waals surface area contributed by atoms with Gasteiger partial charge in [-0.2, -0.15) is 0 Å². The van der Waals surface area contributed by atoms with Crippen LogP contribution in [0.3, 0.4) is 0 Å². The Labute approximate surface area is 233 Å². The predicted molar refractivity (Wildman–Crippen MR) is 147 cm³/mol. The summed E-state index contributed by atoms with van der Waals surface area (Å²) in [5.41, 5.74) is -0.241. The number of rotatable bonds is 13. The fourth-order valence-electron chi connectivity index (χ4n) is 6.56. The van der Waals surface area contributed by atoms with E-state index in [1.54, 1.807) is 17.9 Å². The van der Waals surface area contributed by atoms with Crippen LogP contribution >= 0.6 is 15.9 Å². The van der Waals surface area contributed by atoms with Gasteiger partial charge in [-0.05, 0) is 31.7 Å². The Hall–Kier alpha value is -2.23. The molecule has 0 radical (unpaired) electrons. The van der Waals surface area contributed by atoms with E-state index < -0.39 is 41.6 Å². The van der Waals surface area contributed by atoms with Crippen molar-refractivity contribution in [3.63, 3.8) is 0 Å². The summed E-state index contributed by atoms with van der Waals surface area (Å²) < 4.78 is 11.9. The van der Waals surface area contributed by atoms with E-state index in [1.165, 1.54) is 4.90 Å². The lowest BCUT2D eigenvalue weighted by Crippen LogP contribution is -2.59. The minimum absolute atomic E-state index is 0.187. The van der Waals surface area contributed by atoms with Crippen LogP contribution in [0.1, 0.15) is 45.1 Å². The highest BCUT2D eigenvalue weighted by atomic mass is 79.9. The van der Waals surface area contributed by atoms with Crippen molar-refractivity contribution in [3.05, 3.63) is 48.6 Å². The van der Waals surface area contributed by atoms with Crippen LogP contribution in [-0.2, 0) is 30.3 Å². The van der Waals surface area contributed by atoms with Crippen molar-refractivity contribution in [2.75, 3.05) is 26.3 Å². The van der Waals surface area contributed by atoms with Gasteiger partial charge >= 0.3 is 5.97 Å². The number of amides is 2. The van der Waals surface area contributed by atoms with Gasteiger partial charge in [0.1, 0.15) is 11.6 Å². The van der Waals surface area contributed by atoms with Crippen molar-refractivity contribution in [1.29, 1.82) is 0 Å². The molecule has 0 aliphatic carbocycles. The molecule has 38 heavy (non-hydrogen) atoms. The summed E-state index contributed by atoms with van der Waals surface area (Å²) in [5, 5.41) is 10.5. The molecule has 3 heterocycles. The Morgan fingerprint density at radius 3 is 2.68 bits per heavy atom. The van der Waals surface area contributed by atoms with E-state index in [0.717, 1.165) is 24.8 Å². The van der Waals surface area contributed by atoms with Gasteiger partial charge in [-0.25, -0.2) is 0 Å². The minimum Gasteiger partial charge on any atom is -0.466 e. The van der Waals surface area contributed by atoms with Gasteiger partial charge < -0.3 is 24.4 Å². The normalized spacial score (nSPS) is 30.3. The molecule has 3 aliphatic rings. The zero-order valence-electron chi connectivity index (χ0n) is 22.3. The summed E-state index contributed by atoms with van der Waals surface area (Å²) in [6.45, 7) is 8.41. The molecule has 1 aromatic rings. The number of carbonyl (C=O) groups excluding carboxylic acids is 3. The van der Waals surface area contributed by atoms with Gasteiger partial charge in [-0.15, -0.1) is 6.58 Å². The zero-order chi connectivity index (χ0) is 27.4. The van der Waals surface area contributed by atoms with Crippen molar-refractivity contribution < 1.29 is 29.0 Å². The Morgan fingerprint density at radius 1 is 1.32 bits per heavy atom. The number of carbonyl (C=O) groups is 3. The molecule has 0 saturated carbocycles. The second-order valence-corrected chi connectivity index (χ2v) is 11.6. The molecule has 208 valence electrons. The topological polar surface area (TPSA) is 96.4 Å². The maximum atomic E-state index is 14.4. The van der Waals surface area contributed by atoms with E-state index >= 15 is 0 Å². The third-order valence-electron chi connectivity index (χ3n) is 8.13. The number of hydrogen-bond donors (Lipinski definition) is 1. The number of nitrogens with zero attached hydrogens (tertiary/aromatic N) is 2. The van der Waals surface area contributed by atoms with Crippen molar-refractivity contribution in [1.82, 2.24) is 9.80 Å². The lowest BCUT2D eigenvalue weighted by atomic mass is 9.70. The number of fused-ring (bicyclic) bond motifs is 1. The maximum absolute atomic E-state index is 14.4. The van der Waals surface area contributed by atoms with Crippen LogP contribution < -0.4 is 0 Å². The second kappa shape index (κ2) is 12.3. The molecule has 8 nitrogen and oxygen atoms in total. The fraction of sp³-hybridized carbons (Fsp3) is 0.621. The van der Waals surface area contributed by atoms with Gasteiger partial charge in [0.25, 0.3) is 0 Å². The quantitative estimate of drug-likeness (QED) is 0.164. The smallest absolute Gasteiger partial charge is 0.312 e. The molecule has 3 aliphatic heterocycles. The molecule has 4 rings (SSSR count). The molecule has 1 N–H and O–H groups in total. The van der Waals surface area contributed by atoms with E-state index in [1.807, 2.05) is 30.3 Å². The largest absolute Gasteiger partial charge is 0.466 e. The van der Waals surface area contributed by atoms with Crippen LogP contribution in [0.15, 0.2) is 43.0 Å². The highest BCUT2D eigenvalue weighted by Gasteiger charge is 2.77. The molecule has 3 saturated heterocycles. The lowest BCUT2D eigenvalue weighted by molar-refractivity contribution is -0.156. The van der Waals surface area contributed by atoms with Gasteiger partial charge in [0.2, 0.25) is 11.8 Å². The number of unbranched alkanes of at least 4 members (excludes halogenated alkanes) is 2. The van der Waals surface area contributed by atoms with E-state index in [-0.39, 0.29) is 29.9 Å². The minimum atomic E-state index is -1.18. The van der Waals surface area contributed by atoms with Crippen LogP contribution in [0.2, 0.25) is 0 Å². The summed E-state index contributed by atoms with van der Waals surface area (Å²) in [7, 11) is 0. The van der Waals surface area contributed by atoms with Crippen LogP contribution in [0.25, 0.3) is 0 Å². The second-order valence-electron chi connectivity index (χ2n) is 10.5. The Kier molecular flexibility index (Phi) is 9.31. The average Bonchev–Trinajstić information content (AvgIpc) is 3.50. The van der Waals surface area contributed by atoms with E-state index in [9.17, 15) is 19.5 Å². The molecule has 3 unspecified atom stereocenters. The van der Waals surface area contributed by atoms with Crippen molar-refractivity contribution in [2.45, 2.75) is 74.6 Å². The Morgan fingerprint density at radius 2 is 2.05 bits per heavy atom. The summed E-state index contributed by atoms with van der Waals surface area (Å²) in [4.78, 5) is 44.9. The van der Waals surface area contributed by atoms with Crippen LogP contribution in [-0.4, -0.2) is 87.6 Å². The van der Waals surface area contributed by atoms with E-state index in [0.29, 0.717) is 25.9 Å². The van der Waals surface area contributed by atoms with Crippen molar-refractivity contribution in [3.8, 4) is 0 Å². The summed E-state index contributed by atoms with van der Waals surface area (Å²) in [6, 6.07) is 7.97. The molecule has 9 heteroatoms. The highest BCUT2D eigenvalue weighted by molar-refractivity contribution is 9.09. The summed E-state index contributed by atoms with van der Waals surface area (Å²) >= 11 is 3.68. The fourth-order valence-corrected chi connectivity index (χ4v) is 7.50. The van der Waals surface area contributed by atoms with Gasteiger partial charge in [-0.3, -0.25) is 14.4 Å². The lowest BCUT2D eigenvalue weighted by Gasteiger charge is -2.39. The van der Waals surface area contributed by atoms with Gasteiger partial charge in [0.05, 0.1) is 37.2 Å². The number of benzene rings is 1. The van der Waals surface area contributed by atoms with E-state index in [2.05, 4.69) is 29.4 Å². The maximum Gasteiger partial charge on any atom is 0.312 e. The van der Waals surface area contributed by atoms with Gasteiger partial charge in [0, 0.05) is 17.9 Å². The molecule has 7 atom stereocenters. The first-order chi connectivity index (χ1) is 18.3. The number of aliphatic hydroxyl groups excluding tert-OH is 1. The number of alkyl halides is 1. The first kappa shape index (κ1) is 28.8.